The Balaban J connectivity index is 1.45. The molecule has 4 aromatic rings. The maximum absolute atomic E-state index is 13.5. The van der Waals surface area contributed by atoms with Gasteiger partial charge in [0.05, 0.1) is 24.1 Å². The predicted octanol–water partition coefficient (Wildman–Crippen LogP) is 5.91. The third kappa shape index (κ3) is 6.77. The molecule has 38 heavy (non-hydrogen) atoms. The Morgan fingerprint density at radius 1 is 0.842 bits per heavy atom. The van der Waals surface area contributed by atoms with Crippen molar-refractivity contribution in [2.24, 2.45) is 0 Å². The van der Waals surface area contributed by atoms with Crippen LogP contribution in [0.1, 0.15) is 32.6 Å². The smallest absolute Gasteiger partial charge is 0.322 e. The zero-order valence-corrected chi connectivity index (χ0v) is 21.1. The molecule has 1 N–H and O–H groups in total. The maximum Gasteiger partial charge on any atom is 0.418 e. The third-order valence-electron chi connectivity index (χ3n) is 5.79. The van der Waals surface area contributed by atoms with Crippen LogP contribution in [0.3, 0.4) is 0 Å². The monoisotopic (exact) mass is 539 g/mol. The number of anilines is 2. The van der Waals surface area contributed by atoms with Crippen LogP contribution in [0, 0.1) is 0 Å². The summed E-state index contributed by atoms with van der Waals surface area (Å²) >= 11 is 0. The molecule has 0 aliphatic rings. The van der Waals surface area contributed by atoms with Crippen molar-refractivity contribution >= 4 is 27.3 Å². The summed E-state index contributed by atoms with van der Waals surface area (Å²) in [4.78, 5) is 16.7. The van der Waals surface area contributed by atoms with Crippen LogP contribution < -0.4 is 9.62 Å². The van der Waals surface area contributed by atoms with E-state index in [4.69, 9.17) is 0 Å². The van der Waals surface area contributed by atoms with Crippen molar-refractivity contribution < 1.29 is 26.4 Å². The van der Waals surface area contributed by atoms with Gasteiger partial charge in [-0.1, -0.05) is 36.4 Å². The molecule has 0 unspecified atom stereocenters. The van der Waals surface area contributed by atoms with Gasteiger partial charge in [0.25, 0.3) is 5.91 Å². The first kappa shape index (κ1) is 26.9. The fourth-order valence-corrected chi connectivity index (χ4v) is 4.78. The number of amides is 1. The lowest BCUT2D eigenvalue weighted by molar-refractivity contribution is -0.137. The quantitative estimate of drug-likeness (QED) is 0.302. The molecule has 0 bridgehead atoms. The van der Waals surface area contributed by atoms with Crippen LogP contribution >= 0.6 is 0 Å². The van der Waals surface area contributed by atoms with Crippen LogP contribution in [-0.2, 0) is 29.2 Å². The molecule has 1 heterocycles. The second kappa shape index (κ2) is 11.1. The van der Waals surface area contributed by atoms with E-state index in [1.807, 2.05) is 24.3 Å². The molecule has 10 heteroatoms. The summed E-state index contributed by atoms with van der Waals surface area (Å²) in [6.07, 6.45) is 0.323. The van der Waals surface area contributed by atoms with E-state index in [1.165, 1.54) is 36.4 Å². The fourth-order valence-electron chi connectivity index (χ4n) is 3.88. The molecule has 1 aromatic heterocycles. The summed E-state index contributed by atoms with van der Waals surface area (Å²) in [6.45, 7) is -0.327. The van der Waals surface area contributed by atoms with E-state index in [1.54, 1.807) is 24.5 Å². The van der Waals surface area contributed by atoms with Gasteiger partial charge < -0.3 is 5.32 Å². The Bertz CT molecular complexity index is 1510. The molecular formula is C28H24F3N3O3S. The normalized spacial score (nSPS) is 11.7. The number of para-hydroxylation sites is 1. The van der Waals surface area contributed by atoms with Crippen molar-refractivity contribution in [1.82, 2.24) is 4.98 Å². The summed E-state index contributed by atoms with van der Waals surface area (Å²) in [5, 5.41) is 2.80. The Kier molecular flexibility index (Phi) is 7.82. The highest BCUT2D eigenvalue weighted by atomic mass is 32.2. The van der Waals surface area contributed by atoms with Crippen LogP contribution in [-0.4, -0.2) is 25.6 Å². The Labute approximate surface area is 218 Å². The fraction of sp³-hybridized carbons (Fsp3) is 0.143. The summed E-state index contributed by atoms with van der Waals surface area (Å²) in [6, 6.07) is 21.8. The van der Waals surface area contributed by atoms with Crippen molar-refractivity contribution in [3.8, 4) is 0 Å². The van der Waals surface area contributed by atoms with Gasteiger partial charge in [0.1, 0.15) is 0 Å². The maximum atomic E-state index is 13.5. The molecule has 3 aromatic carbocycles. The first-order valence-corrected chi connectivity index (χ1v) is 13.4. The molecule has 0 fully saturated rings. The minimum atomic E-state index is -4.72. The number of benzene rings is 3. The number of halogens is 3. The van der Waals surface area contributed by atoms with E-state index in [0.29, 0.717) is 21.1 Å². The topological polar surface area (TPSA) is 79.4 Å². The zero-order chi connectivity index (χ0) is 27.3. The van der Waals surface area contributed by atoms with E-state index < -0.39 is 27.5 Å². The number of carbonyl (C=O) groups excluding carboxylic acids is 1. The van der Waals surface area contributed by atoms with E-state index in [2.05, 4.69) is 10.3 Å². The Morgan fingerprint density at radius 2 is 1.42 bits per heavy atom. The third-order valence-corrected chi connectivity index (χ3v) is 6.92. The van der Waals surface area contributed by atoms with Gasteiger partial charge in [-0.15, -0.1) is 0 Å². The van der Waals surface area contributed by atoms with Crippen molar-refractivity contribution in [1.29, 1.82) is 0 Å². The van der Waals surface area contributed by atoms with Crippen LogP contribution in [0.2, 0.25) is 0 Å². The number of aromatic nitrogens is 1. The highest BCUT2D eigenvalue weighted by Crippen LogP contribution is 2.37. The second-order valence-electron chi connectivity index (χ2n) is 8.66. The molecule has 0 saturated carbocycles. The number of nitrogens with zero attached hydrogens (tertiary/aromatic N) is 2. The van der Waals surface area contributed by atoms with Crippen LogP contribution in [0.5, 0.6) is 0 Å². The summed E-state index contributed by atoms with van der Waals surface area (Å²) in [5.74, 6) is -0.374. The average molecular weight is 540 g/mol. The number of pyridine rings is 1. The molecule has 6 nitrogen and oxygen atoms in total. The van der Waals surface area contributed by atoms with Gasteiger partial charge in [-0.2, -0.15) is 13.2 Å². The molecule has 4 rings (SSSR count). The average Bonchev–Trinajstić information content (AvgIpc) is 2.88. The zero-order valence-electron chi connectivity index (χ0n) is 20.3. The van der Waals surface area contributed by atoms with Gasteiger partial charge >= 0.3 is 6.18 Å². The molecule has 1 amide bonds. The Morgan fingerprint density at radius 3 is 2.03 bits per heavy atom. The standard InChI is InChI=1S/C28H24F3N3O3S/c1-38(36,37)34(26-5-3-2-4-25(26)28(29,30)31)19-22-6-10-23(11-7-22)27(35)33-24-12-8-20(9-13-24)18-21-14-16-32-17-15-21/h2-17H,18-19H2,1H3,(H,33,35). The number of rotatable bonds is 8. The summed E-state index contributed by atoms with van der Waals surface area (Å²) < 4.78 is 66.1. The lowest BCUT2D eigenvalue weighted by Gasteiger charge is -2.25. The number of carbonyl (C=O) groups is 1. The molecule has 0 saturated heterocycles. The number of hydrogen-bond donors (Lipinski definition) is 1. The summed E-state index contributed by atoms with van der Waals surface area (Å²) in [7, 11) is -4.04. The Hall–Kier alpha value is -4.18. The molecule has 0 spiro atoms. The number of alkyl halides is 3. The minimum absolute atomic E-state index is 0.316. The molecule has 0 radical (unpaired) electrons. The number of nitrogens with one attached hydrogen (secondary N) is 1. The van der Waals surface area contributed by atoms with Crippen LogP contribution in [0.25, 0.3) is 0 Å². The van der Waals surface area contributed by atoms with Crippen LogP contribution in [0.4, 0.5) is 24.5 Å². The largest absolute Gasteiger partial charge is 0.418 e. The molecule has 0 aliphatic heterocycles. The van der Waals surface area contributed by atoms with Gasteiger partial charge in [0.2, 0.25) is 10.0 Å². The molecule has 196 valence electrons. The van der Waals surface area contributed by atoms with Gasteiger partial charge in [-0.05, 0) is 71.6 Å². The van der Waals surface area contributed by atoms with Gasteiger partial charge in [-0.3, -0.25) is 14.1 Å². The van der Waals surface area contributed by atoms with Crippen LogP contribution in [0.15, 0.2) is 97.3 Å². The first-order valence-electron chi connectivity index (χ1n) is 11.5. The highest BCUT2D eigenvalue weighted by Gasteiger charge is 2.36. The van der Waals surface area contributed by atoms with Gasteiger partial charge in [0.15, 0.2) is 0 Å². The van der Waals surface area contributed by atoms with E-state index in [-0.39, 0.29) is 12.5 Å². The lowest BCUT2D eigenvalue weighted by Crippen LogP contribution is -2.31. The molecule has 0 atom stereocenters. The van der Waals surface area contributed by atoms with Crippen molar-refractivity contribution in [3.05, 3.63) is 125 Å². The number of hydrogen-bond acceptors (Lipinski definition) is 4. The lowest BCUT2D eigenvalue weighted by atomic mass is 10.1. The molecule has 0 aliphatic carbocycles. The van der Waals surface area contributed by atoms with Gasteiger partial charge in [0, 0.05) is 23.6 Å². The molecular weight excluding hydrogens is 515 g/mol. The number of sulfonamides is 1. The van der Waals surface area contributed by atoms with E-state index in [0.717, 1.165) is 35.9 Å². The van der Waals surface area contributed by atoms with Gasteiger partial charge in [-0.25, -0.2) is 8.42 Å². The highest BCUT2D eigenvalue weighted by molar-refractivity contribution is 7.92. The predicted molar refractivity (Wildman–Crippen MR) is 140 cm³/mol. The first-order chi connectivity index (χ1) is 18.0. The SMILES string of the molecule is CS(=O)(=O)N(Cc1ccc(C(=O)Nc2ccc(Cc3ccncc3)cc2)cc1)c1ccccc1C(F)(F)F. The van der Waals surface area contributed by atoms with Crippen molar-refractivity contribution in [2.75, 3.05) is 15.9 Å². The minimum Gasteiger partial charge on any atom is -0.322 e. The van der Waals surface area contributed by atoms with E-state index in [9.17, 15) is 26.4 Å². The van der Waals surface area contributed by atoms with Crippen molar-refractivity contribution in [3.63, 3.8) is 0 Å². The van der Waals surface area contributed by atoms with E-state index >= 15 is 0 Å². The summed E-state index contributed by atoms with van der Waals surface area (Å²) in [5.41, 5.74) is 2.02. The van der Waals surface area contributed by atoms with Crippen molar-refractivity contribution in [2.45, 2.75) is 19.1 Å². The second-order valence-corrected chi connectivity index (χ2v) is 10.6.